The van der Waals surface area contributed by atoms with Crippen LogP contribution in [0.4, 0.5) is 0 Å². The van der Waals surface area contributed by atoms with E-state index >= 15 is 0 Å². The molecule has 2 atom stereocenters. The third-order valence-corrected chi connectivity index (χ3v) is 2.98. The molecule has 2 rings (SSSR count). The van der Waals surface area contributed by atoms with Crippen LogP contribution >= 0.6 is 11.5 Å². The van der Waals surface area contributed by atoms with Crippen LogP contribution in [-0.2, 0) is 0 Å². The summed E-state index contributed by atoms with van der Waals surface area (Å²) in [6, 6.07) is 0.190. The van der Waals surface area contributed by atoms with E-state index in [0.29, 0.717) is 5.69 Å². The van der Waals surface area contributed by atoms with Crippen LogP contribution in [0.1, 0.15) is 29.8 Å². The van der Waals surface area contributed by atoms with Crippen molar-refractivity contribution in [2.24, 2.45) is 5.73 Å². The number of nitrogens with zero attached hydrogens (tertiary/aromatic N) is 2. The van der Waals surface area contributed by atoms with E-state index in [9.17, 15) is 4.79 Å². The van der Waals surface area contributed by atoms with Crippen molar-refractivity contribution in [2.75, 3.05) is 0 Å². The van der Waals surface area contributed by atoms with Crippen molar-refractivity contribution in [3.05, 3.63) is 11.1 Å². The van der Waals surface area contributed by atoms with Gasteiger partial charge in [-0.1, -0.05) is 4.49 Å². The van der Waals surface area contributed by atoms with Crippen molar-refractivity contribution in [3.63, 3.8) is 0 Å². The van der Waals surface area contributed by atoms with Crippen LogP contribution in [0, 0.1) is 0 Å². The van der Waals surface area contributed by atoms with Gasteiger partial charge in [0, 0.05) is 17.5 Å². The highest BCUT2D eigenvalue weighted by molar-refractivity contribution is 7.03. The standard InChI is InChI=1S/C8H12N4OS/c9-5-2-1-3-6(5)10-8(13)7-4-14-12-11-7/h4-6H,1-3,9H2,(H,10,13). The molecule has 1 amide bonds. The number of nitrogens with two attached hydrogens (primary N) is 1. The highest BCUT2D eigenvalue weighted by atomic mass is 32.1. The van der Waals surface area contributed by atoms with Crippen molar-refractivity contribution >= 4 is 17.4 Å². The van der Waals surface area contributed by atoms with Gasteiger partial charge in [0.25, 0.3) is 5.91 Å². The second kappa shape index (κ2) is 4.02. The fourth-order valence-corrected chi connectivity index (χ4v) is 2.11. The summed E-state index contributed by atoms with van der Waals surface area (Å²) in [6.07, 6.45) is 3.03. The number of nitrogens with one attached hydrogen (secondary N) is 1. The topological polar surface area (TPSA) is 80.9 Å². The lowest BCUT2D eigenvalue weighted by Crippen LogP contribution is -2.44. The number of aromatic nitrogens is 2. The molecule has 0 radical (unpaired) electrons. The first kappa shape index (κ1) is 9.54. The summed E-state index contributed by atoms with van der Waals surface area (Å²) < 4.78 is 3.64. The fraction of sp³-hybridized carbons (Fsp3) is 0.625. The minimum atomic E-state index is -0.166. The quantitative estimate of drug-likeness (QED) is 0.731. The number of carbonyl (C=O) groups excluding carboxylic acids is 1. The lowest BCUT2D eigenvalue weighted by Gasteiger charge is -2.15. The molecule has 1 aromatic rings. The maximum Gasteiger partial charge on any atom is 0.273 e. The van der Waals surface area contributed by atoms with Gasteiger partial charge in [-0.25, -0.2) is 0 Å². The Labute approximate surface area is 85.9 Å². The van der Waals surface area contributed by atoms with Gasteiger partial charge in [0.15, 0.2) is 5.69 Å². The number of hydrogen-bond donors (Lipinski definition) is 2. The lowest BCUT2D eigenvalue weighted by atomic mass is 10.2. The molecule has 1 aliphatic rings. The first-order valence-electron chi connectivity index (χ1n) is 4.61. The zero-order chi connectivity index (χ0) is 9.97. The molecule has 0 aliphatic heterocycles. The predicted octanol–water partition coefficient (Wildman–Crippen LogP) is 0.148. The zero-order valence-corrected chi connectivity index (χ0v) is 8.46. The number of amides is 1. The molecule has 2 unspecified atom stereocenters. The molecule has 1 fully saturated rings. The molecule has 6 heteroatoms. The average molecular weight is 212 g/mol. The van der Waals surface area contributed by atoms with Crippen LogP contribution in [-0.4, -0.2) is 27.6 Å². The van der Waals surface area contributed by atoms with Crippen molar-refractivity contribution in [1.29, 1.82) is 0 Å². The van der Waals surface area contributed by atoms with Crippen molar-refractivity contribution in [1.82, 2.24) is 14.9 Å². The maximum absolute atomic E-state index is 11.5. The van der Waals surface area contributed by atoms with Gasteiger partial charge in [-0.2, -0.15) is 0 Å². The first-order valence-corrected chi connectivity index (χ1v) is 5.44. The van der Waals surface area contributed by atoms with Gasteiger partial charge in [-0.3, -0.25) is 4.79 Å². The number of hydrogen-bond acceptors (Lipinski definition) is 5. The van der Waals surface area contributed by atoms with E-state index < -0.39 is 0 Å². The first-order chi connectivity index (χ1) is 6.77. The molecule has 0 aromatic carbocycles. The Morgan fingerprint density at radius 2 is 2.50 bits per heavy atom. The van der Waals surface area contributed by atoms with E-state index in [-0.39, 0.29) is 18.0 Å². The minimum Gasteiger partial charge on any atom is -0.346 e. The van der Waals surface area contributed by atoms with Crippen LogP contribution in [0.5, 0.6) is 0 Å². The number of carbonyl (C=O) groups is 1. The molecule has 3 N–H and O–H groups in total. The normalized spacial score (nSPS) is 26.4. The van der Waals surface area contributed by atoms with Crippen molar-refractivity contribution < 1.29 is 4.79 Å². The van der Waals surface area contributed by atoms with Crippen LogP contribution in [0.15, 0.2) is 5.38 Å². The van der Waals surface area contributed by atoms with Gasteiger partial charge >= 0.3 is 0 Å². The van der Waals surface area contributed by atoms with Crippen LogP contribution < -0.4 is 11.1 Å². The van der Waals surface area contributed by atoms with E-state index in [1.807, 2.05) is 0 Å². The maximum atomic E-state index is 11.5. The van der Waals surface area contributed by atoms with E-state index in [0.717, 1.165) is 19.3 Å². The smallest absolute Gasteiger partial charge is 0.273 e. The van der Waals surface area contributed by atoms with Crippen molar-refractivity contribution in [2.45, 2.75) is 31.3 Å². The largest absolute Gasteiger partial charge is 0.346 e. The highest BCUT2D eigenvalue weighted by Gasteiger charge is 2.26. The summed E-state index contributed by atoms with van der Waals surface area (Å²) in [5.41, 5.74) is 6.22. The molecule has 0 spiro atoms. The monoisotopic (exact) mass is 212 g/mol. The summed E-state index contributed by atoms with van der Waals surface area (Å²) in [5.74, 6) is -0.166. The van der Waals surface area contributed by atoms with E-state index in [4.69, 9.17) is 5.73 Å². The van der Waals surface area contributed by atoms with Gasteiger partial charge in [0.05, 0.1) is 0 Å². The molecule has 1 saturated carbocycles. The van der Waals surface area contributed by atoms with Crippen LogP contribution in [0.3, 0.4) is 0 Å². The Hall–Kier alpha value is -1.01. The third-order valence-electron chi connectivity index (χ3n) is 2.48. The molecule has 0 bridgehead atoms. The molecular formula is C8H12N4OS. The molecule has 1 heterocycles. The van der Waals surface area contributed by atoms with Gasteiger partial charge in [-0.15, -0.1) is 5.10 Å². The summed E-state index contributed by atoms with van der Waals surface area (Å²) in [7, 11) is 0. The Morgan fingerprint density at radius 1 is 1.64 bits per heavy atom. The lowest BCUT2D eigenvalue weighted by molar-refractivity contribution is 0.0929. The SMILES string of the molecule is NC1CCCC1NC(=O)c1csnn1. The fourth-order valence-electron chi connectivity index (χ4n) is 1.67. The summed E-state index contributed by atoms with van der Waals surface area (Å²) in [5, 5.41) is 8.20. The minimum absolute atomic E-state index is 0.0885. The Bertz CT molecular complexity index is 313. The Morgan fingerprint density at radius 3 is 3.07 bits per heavy atom. The summed E-state index contributed by atoms with van der Waals surface area (Å²) in [6.45, 7) is 0. The van der Waals surface area contributed by atoms with E-state index in [1.54, 1.807) is 5.38 Å². The van der Waals surface area contributed by atoms with Gasteiger partial charge in [0.2, 0.25) is 0 Å². The number of rotatable bonds is 2. The van der Waals surface area contributed by atoms with Crippen LogP contribution in [0.25, 0.3) is 0 Å². The van der Waals surface area contributed by atoms with E-state index in [1.165, 1.54) is 11.5 Å². The van der Waals surface area contributed by atoms with Crippen LogP contribution in [0.2, 0.25) is 0 Å². The Balaban J connectivity index is 1.95. The highest BCUT2D eigenvalue weighted by Crippen LogP contribution is 2.17. The van der Waals surface area contributed by atoms with Gasteiger partial charge in [-0.05, 0) is 30.8 Å². The molecule has 1 aromatic heterocycles. The summed E-state index contributed by atoms with van der Waals surface area (Å²) in [4.78, 5) is 11.5. The van der Waals surface area contributed by atoms with E-state index in [2.05, 4.69) is 14.9 Å². The molecule has 1 aliphatic carbocycles. The predicted molar refractivity (Wildman–Crippen MR) is 53.0 cm³/mol. The zero-order valence-electron chi connectivity index (χ0n) is 7.64. The Kier molecular flexibility index (Phi) is 2.74. The van der Waals surface area contributed by atoms with Gasteiger partial charge < -0.3 is 11.1 Å². The molecule has 0 saturated heterocycles. The molecule has 76 valence electrons. The average Bonchev–Trinajstić information content (AvgIpc) is 2.77. The van der Waals surface area contributed by atoms with Crippen molar-refractivity contribution in [3.8, 4) is 0 Å². The third kappa shape index (κ3) is 1.91. The molecule has 14 heavy (non-hydrogen) atoms. The molecular weight excluding hydrogens is 200 g/mol. The molecule has 5 nitrogen and oxygen atoms in total. The second-order valence-corrected chi connectivity index (χ2v) is 4.07. The summed E-state index contributed by atoms with van der Waals surface area (Å²) >= 11 is 1.17. The second-order valence-electron chi connectivity index (χ2n) is 3.46. The van der Waals surface area contributed by atoms with Gasteiger partial charge in [0.1, 0.15) is 0 Å².